The van der Waals surface area contributed by atoms with Gasteiger partial charge in [-0.3, -0.25) is 0 Å². The number of nitrogens with zero attached hydrogens (tertiary/aromatic N) is 8. The minimum absolute atomic E-state index is 0.630. The summed E-state index contributed by atoms with van der Waals surface area (Å²) in [4.78, 5) is 6.54. The summed E-state index contributed by atoms with van der Waals surface area (Å²) in [5.41, 5.74) is 4.06. The van der Waals surface area contributed by atoms with Gasteiger partial charge in [-0.2, -0.15) is 5.11 Å². The van der Waals surface area contributed by atoms with Crippen molar-refractivity contribution in [1.82, 2.24) is 4.98 Å². The number of thiazole rings is 1. The van der Waals surface area contributed by atoms with Crippen molar-refractivity contribution in [2.75, 3.05) is 18.0 Å². The van der Waals surface area contributed by atoms with Crippen molar-refractivity contribution in [3.63, 3.8) is 0 Å². The fraction of sp³-hybridized carbons (Fsp3) is 0.179. The lowest BCUT2D eigenvalue weighted by Gasteiger charge is -2.13. The van der Waals surface area contributed by atoms with Crippen LogP contribution < -0.4 is 4.90 Å². The number of aryl methyl sites for hydroxylation is 1. The first-order valence-corrected chi connectivity index (χ1v) is 14.0. The van der Waals surface area contributed by atoms with Gasteiger partial charge in [-0.25, -0.2) is 4.98 Å². The first-order chi connectivity index (χ1) is 18.7. The van der Waals surface area contributed by atoms with Crippen molar-refractivity contribution in [3.8, 4) is 0 Å². The highest BCUT2D eigenvalue weighted by molar-refractivity contribution is 7.19. The summed E-state index contributed by atoms with van der Waals surface area (Å²) in [5, 5.41) is 33.3. The lowest BCUT2D eigenvalue weighted by atomic mass is 10.1. The Bertz CT molecular complexity index is 1650. The first kappa shape index (κ1) is 24.2. The lowest BCUT2D eigenvalue weighted by Crippen LogP contribution is -2.15. The zero-order chi connectivity index (χ0) is 25.7. The quantitative estimate of drug-likeness (QED) is 0.194. The third-order valence-electron chi connectivity index (χ3n) is 6.25. The molecule has 0 radical (unpaired) electrons. The zero-order valence-corrected chi connectivity index (χ0v) is 22.4. The molecule has 1 fully saturated rings. The van der Waals surface area contributed by atoms with Crippen LogP contribution >= 0.6 is 22.7 Å². The van der Waals surface area contributed by atoms with Crippen molar-refractivity contribution in [1.29, 1.82) is 0 Å². The van der Waals surface area contributed by atoms with Crippen molar-refractivity contribution < 1.29 is 0 Å². The summed E-state index contributed by atoms with van der Waals surface area (Å²) in [7, 11) is 0. The van der Waals surface area contributed by atoms with E-state index in [9.17, 15) is 0 Å². The number of azo groups is 3. The molecule has 6 rings (SSSR count). The Morgan fingerprint density at radius 3 is 2.16 bits per heavy atom. The number of rotatable bonds is 7. The number of fused-ring (bicyclic) bond motifs is 1. The first-order valence-electron chi connectivity index (χ1n) is 12.3. The fourth-order valence-corrected chi connectivity index (χ4v) is 5.64. The van der Waals surface area contributed by atoms with Crippen LogP contribution in [0.2, 0.25) is 0 Å². The minimum atomic E-state index is 0.630. The molecular weight excluding hydrogens is 512 g/mol. The molecule has 0 N–H and O–H groups in total. The molecule has 1 aliphatic rings. The molecular formula is C28H24N8S2. The van der Waals surface area contributed by atoms with Crippen LogP contribution in [0.4, 0.5) is 37.9 Å². The van der Waals surface area contributed by atoms with E-state index in [4.69, 9.17) is 0 Å². The van der Waals surface area contributed by atoms with Crippen molar-refractivity contribution in [2.45, 2.75) is 19.8 Å². The molecule has 3 heterocycles. The Balaban J connectivity index is 1.22. The van der Waals surface area contributed by atoms with Crippen molar-refractivity contribution >= 4 is 71.3 Å². The summed E-state index contributed by atoms with van der Waals surface area (Å²) in [5.74, 6) is 0. The molecule has 0 unspecified atom stereocenters. The van der Waals surface area contributed by atoms with Crippen LogP contribution in [0.5, 0.6) is 0 Å². The summed E-state index contributed by atoms with van der Waals surface area (Å²) < 4.78 is 0. The second-order valence-electron chi connectivity index (χ2n) is 8.84. The number of hydrogen-bond donors (Lipinski definition) is 0. The average Bonchev–Trinajstić information content (AvgIpc) is 3.73. The second kappa shape index (κ2) is 11.1. The normalized spacial score (nSPS) is 14.2. The highest BCUT2D eigenvalue weighted by atomic mass is 32.1. The Labute approximate surface area is 228 Å². The number of anilines is 1. The van der Waals surface area contributed by atoms with Crippen molar-refractivity contribution in [3.05, 3.63) is 83.9 Å². The molecule has 188 valence electrons. The summed E-state index contributed by atoms with van der Waals surface area (Å²) in [6, 6.07) is 21.9. The van der Waals surface area contributed by atoms with Gasteiger partial charge in [0.1, 0.15) is 5.00 Å². The van der Waals surface area contributed by atoms with Crippen LogP contribution in [0.3, 0.4) is 0 Å². The standard InChI is InChI=1S/C28H24N8S2/c1-19-18-20(8-9-23(19)31-35-28-29-14-17-37-28)30-32-24-10-11-25(22-7-3-2-6-21(22)24)33-34-26-12-13-27(38-26)36-15-4-5-16-36/h2-3,6-14,17-18H,4-5,15-16H2,1H3. The van der Waals surface area contributed by atoms with Crippen LogP contribution in [0.25, 0.3) is 10.8 Å². The zero-order valence-electron chi connectivity index (χ0n) is 20.7. The van der Waals surface area contributed by atoms with E-state index in [1.165, 1.54) is 29.2 Å². The average molecular weight is 537 g/mol. The van der Waals surface area contributed by atoms with E-state index in [0.717, 1.165) is 57.2 Å². The molecule has 0 spiro atoms. The molecule has 0 atom stereocenters. The molecule has 2 aromatic heterocycles. The summed E-state index contributed by atoms with van der Waals surface area (Å²) >= 11 is 3.13. The molecule has 3 aromatic carbocycles. The Morgan fingerprint density at radius 1 is 0.737 bits per heavy atom. The molecule has 0 bridgehead atoms. The molecule has 0 aliphatic carbocycles. The van der Waals surface area contributed by atoms with E-state index >= 15 is 0 Å². The van der Waals surface area contributed by atoms with Gasteiger partial charge in [0.2, 0.25) is 5.13 Å². The van der Waals surface area contributed by atoms with Gasteiger partial charge in [0.05, 0.1) is 27.8 Å². The smallest absolute Gasteiger partial charge is 0.229 e. The molecule has 1 saturated heterocycles. The van der Waals surface area contributed by atoms with Gasteiger partial charge in [-0.05, 0) is 67.8 Å². The summed E-state index contributed by atoms with van der Waals surface area (Å²) in [6.07, 6.45) is 4.23. The van der Waals surface area contributed by atoms with E-state index in [-0.39, 0.29) is 0 Å². The SMILES string of the molecule is Cc1cc(N=Nc2ccc(N=Nc3ccc(N4CCCC4)s3)c3ccccc23)ccc1N=Nc1nccs1. The van der Waals surface area contributed by atoms with E-state index < -0.39 is 0 Å². The summed E-state index contributed by atoms with van der Waals surface area (Å²) in [6.45, 7) is 4.23. The van der Waals surface area contributed by atoms with Gasteiger partial charge in [0.15, 0.2) is 0 Å². The van der Waals surface area contributed by atoms with Gasteiger partial charge in [0, 0.05) is 35.4 Å². The minimum Gasteiger partial charge on any atom is -0.363 e. The fourth-order valence-electron chi connectivity index (χ4n) is 4.31. The topological polar surface area (TPSA) is 90.3 Å². The number of hydrogen-bond acceptors (Lipinski definition) is 10. The van der Waals surface area contributed by atoms with Gasteiger partial charge in [-0.1, -0.05) is 35.6 Å². The van der Waals surface area contributed by atoms with Gasteiger partial charge < -0.3 is 4.90 Å². The predicted octanol–water partition coefficient (Wildman–Crippen LogP) is 10.5. The van der Waals surface area contributed by atoms with Gasteiger partial charge in [-0.15, -0.1) is 36.9 Å². The van der Waals surface area contributed by atoms with E-state index in [1.54, 1.807) is 17.5 Å². The molecule has 0 saturated carbocycles. The Kier molecular flexibility index (Phi) is 7.05. The van der Waals surface area contributed by atoms with Gasteiger partial charge >= 0.3 is 0 Å². The highest BCUT2D eigenvalue weighted by Gasteiger charge is 2.14. The number of aromatic nitrogens is 1. The number of thiophene rings is 1. The van der Waals surface area contributed by atoms with Crippen LogP contribution in [-0.2, 0) is 0 Å². The largest absolute Gasteiger partial charge is 0.363 e. The maximum Gasteiger partial charge on any atom is 0.229 e. The van der Waals surface area contributed by atoms with Crippen LogP contribution in [0.1, 0.15) is 18.4 Å². The molecule has 8 nitrogen and oxygen atoms in total. The molecule has 38 heavy (non-hydrogen) atoms. The maximum absolute atomic E-state index is 4.58. The second-order valence-corrected chi connectivity index (χ2v) is 10.8. The lowest BCUT2D eigenvalue weighted by molar-refractivity contribution is 0.949. The van der Waals surface area contributed by atoms with Crippen LogP contribution in [0, 0.1) is 6.92 Å². The third kappa shape index (κ3) is 5.41. The Morgan fingerprint density at radius 2 is 1.45 bits per heavy atom. The van der Waals surface area contributed by atoms with E-state index in [1.807, 2.05) is 73.0 Å². The van der Waals surface area contributed by atoms with Crippen molar-refractivity contribution in [2.24, 2.45) is 30.7 Å². The monoisotopic (exact) mass is 536 g/mol. The number of benzene rings is 3. The van der Waals surface area contributed by atoms with Crippen LogP contribution in [0.15, 0.2) is 109 Å². The molecule has 1 aliphatic heterocycles. The van der Waals surface area contributed by atoms with Gasteiger partial charge in [0.25, 0.3) is 0 Å². The molecule has 5 aromatic rings. The third-order valence-corrected chi connectivity index (χ3v) is 7.93. The molecule has 10 heteroatoms. The van der Waals surface area contributed by atoms with Crippen LogP contribution in [-0.4, -0.2) is 18.1 Å². The van der Waals surface area contributed by atoms with E-state index in [0.29, 0.717) is 5.13 Å². The Hall–Kier alpha value is -4.15. The highest BCUT2D eigenvalue weighted by Crippen LogP contribution is 2.38. The maximum atomic E-state index is 4.58. The van der Waals surface area contributed by atoms with E-state index in [2.05, 4.69) is 46.6 Å². The molecule has 0 amide bonds. The predicted molar refractivity (Wildman–Crippen MR) is 156 cm³/mol.